The number of nitrogens with two attached hydrogens (primary N) is 1. The Morgan fingerprint density at radius 2 is 2.03 bits per heavy atom. The van der Waals surface area contributed by atoms with Gasteiger partial charge in [-0.1, -0.05) is 12.1 Å². The van der Waals surface area contributed by atoms with Crippen molar-refractivity contribution >= 4 is 22.5 Å². The topological polar surface area (TPSA) is 94.5 Å². The molecular weight excluding hydrogens is 392 g/mol. The Morgan fingerprint density at radius 3 is 2.80 bits per heavy atom. The van der Waals surface area contributed by atoms with Crippen LogP contribution in [0.3, 0.4) is 0 Å². The van der Waals surface area contributed by atoms with Crippen molar-refractivity contribution in [2.24, 2.45) is 0 Å². The molecule has 1 aliphatic rings. The van der Waals surface area contributed by atoms with Gasteiger partial charge < -0.3 is 10.5 Å². The molecule has 0 unspecified atom stereocenters. The fourth-order valence-electron chi connectivity index (χ4n) is 3.94. The van der Waals surface area contributed by atoms with Crippen molar-refractivity contribution in [3.8, 4) is 5.75 Å². The number of hydrogen-bond donors (Lipinski definition) is 1. The average Bonchev–Trinajstić information content (AvgIpc) is 3.36. The number of anilines is 1. The highest BCUT2D eigenvalue weighted by molar-refractivity contribution is 5.95. The zero-order chi connectivity index (χ0) is 20.8. The second kappa shape index (κ2) is 7.13. The first-order chi connectivity index (χ1) is 14.5. The molecule has 4 aromatic rings. The van der Waals surface area contributed by atoms with E-state index in [9.17, 15) is 8.78 Å². The summed E-state index contributed by atoms with van der Waals surface area (Å²) in [5.41, 5.74) is 8.87. The number of methoxy groups -OCH3 is 1. The third-order valence-electron chi connectivity index (χ3n) is 5.42. The monoisotopic (exact) mass is 411 g/mol. The molecule has 154 valence electrons. The van der Waals surface area contributed by atoms with Gasteiger partial charge in [0.2, 0.25) is 5.95 Å². The van der Waals surface area contributed by atoms with Crippen LogP contribution in [-0.2, 0) is 19.5 Å². The van der Waals surface area contributed by atoms with Crippen LogP contribution in [0.1, 0.15) is 17.1 Å². The molecule has 8 nitrogen and oxygen atoms in total. The van der Waals surface area contributed by atoms with E-state index in [4.69, 9.17) is 10.5 Å². The van der Waals surface area contributed by atoms with Crippen molar-refractivity contribution in [2.75, 3.05) is 12.8 Å². The summed E-state index contributed by atoms with van der Waals surface area (Å²) in [7, 11) is 1.54. The Balaban J connectivity index is 1.51. The molecule has 0 fully saturated rings. The molecule has 30 heavy (non-hydrogen) atoms. The van der Waals surface area contributed by atoms with Gasteiger partial charge in [-0.25, -0.2) is 18.7 Å². The lowest BCUT2D eigenvalue weighted by Gasteiger charge is -2.25. The smallest absolute Gasteiger partial charge is 0.254 e. The fourth-order valence-corrected chi connectivity index (χ4v) is 3.94. The lowest BCUT2D eigenvalue weighted by molar-refractivity contribution is 0.0216. The molecule has 5 rings (SSSR count). The van der Waals surface area contributed by atoms with Gasteiger partial charge in [-0.15, -0.1) is 5.10 Å². The van der Waals surface area contributed by atoms with Crippen molar-refractivity contribution in [1.29, 1.82) is 0 Å². The van der Waals surface area contributed by atoms with Crippen LogP contribution in [0.15, 0.2) is 36.5 Å². The van der Waals surface area contributed by atoms with E-state index in [-0.39, 0.29) is 18.2 Å². The minimum Gasteiger partial charge on any atom is -0.494 e. The molecule has 10 heteroatoms. The average molecular weight is 411 g/mol. The second-order valence-electron chi connectivity index (χ2n) is 7.21. The summed E-state index contributed by atoms with van der Waals surface area (Å²) >= 11 is 0. The van der Waals surface area contributed by atoms with Crippen molar-refractivity contribution < 1.29 is 13.5 Å². The molecule has 0 spiro atoms. The maximum Gasteiger partial charge on any atom is 0.254 e. The van der Waals surface area contributed by atoms with Crippen LogP contribution in [0.5, 0.6) is 5.75 Å². The summed E-state index contributed by atoms with van der Waals surface area (Å²) in [5.74, 6) is 0.958. The molecule has 3 aromatic heterocycles. The highest BCUT2D eigenvalue weighted by Crippen LogP contribution is 2.29. The molecule has 1 atom stereocenters. The van der Waals surface area contributed by atoms with Crippen LogP contribution in [0.2, 0.25) is 0 Å². The first kappa shape index (κ1) is 18.6. The van der Waals surface area contributed by atoms with Gasteiger partial charge in [0.1, 0.15) is 11.3 Å². The zero-order valence-electron chi connectivity index (χ0n) is 16.2. The minimum atomic E-state index is -2.56. The van der Waals surface area contributed by atoms with Gasteiger partial charge in [-0.2, -0.15) is 4.52 Å². The van der Waals surface area contributed by atoms with Crippen molar-refractivity contribution in [2.45, 2.75) is 32.0 Å². The van der Waals surface area contributed by atoms with Gasteiger partial charge in [-0.05, 0) is 23.8 Å². The van der Waals surface area contributed by atoms with E-state index in [1.54, 1.807) is 24.3 Å². The normalized spacial score (nSPS) is 15.2. The van der Waals surface area contributed by atoms with Crippen LogP contribution in [0.25, 0.3) is 16.6 Å². The summed E-state index contributed by atoms with van der Waals surface area (Å²) in [6, 6.07) is 8.11. The number of para-hydroxylation sites is 1. The van der Waals surface area contributed by atoms with E-state index >= 15 is 0 Å². The predicted octanol–water partition coefficient (Wildman–Crippen LogP) is 2.46. The molecule has 0 amide bonds. The van der Waals surface area contributed by atoms with E-state index in [0.717, 1.165) is 11.3 Å². The Hall–Kier alpha value is -3.40. The predicted molar refractivity (Wildman–Crippen MR) is 106 cm³/mol. The van der Waals surface area contributed by atoms with Gasteiger partial charge >= 0.3 is 0 Å². The highest BCUT2D eigenvalue weighted by atomic mass is 19.3. The lowest BCUT2D eigenvalue weighted by Crippen LogP contribution is -2.38. The molecule has 1 aromatic carbocycles. The van der Waals surface area contributed by atoms with Crippen LogP contribution < -0.4 is 10.5 Å². The number of pyridine rings is 1. The number of aromatic nitrogens is 5. The number of nitrogens with zero attached hydrogens (tertiary/aromatic N) is 6. The number of hydrogen-bond acceptors (Lipinski definition) is 7. The standard InChI is InChI=1S/C20H19F2N7O/c1-30-15-6-2-5-12-17(15)26-20(23)29-19(12)25-16(27-29)8-14(18(21)22)28-9-11-4-3-7-24-13(11)10-28/h2-7,14,18H,8-10H2,1H3,(H2,23,26)/t14-/m1/s1. The summed E-state index contributed by atoms with van der Waals surface area (Å²) in [6.45, 7) is 0.803. The Labute approximate surface area is 170 Å². The molecule has 0 bridgehead atoms. The van der Waals surface area contributed by atoms with Crippen LogP contribution in [0, 0.1) is 0 Å². The van der Waals surface area contributed by atoms with Crippen LogP contribution >= 0.6 is 0 Å². The van der Waals surface area contributed by atoms with E-state index in [0.29, 0.717) is 35.4 Å². The maximum absolute atomic E-state index is 14.0. The van der Waals surface area contributed by atoms with Crippen molar-refractivity contribution in [1.82, 2.24) is 29.5 Å². The second-order valence-corrected chi connectivity index (χ2v) is 7.21. The zero-order valence-corrected chi connectivity index (χ0v) is 16.2. The van der Waals surface area contributed by atoms with E-state index in [2.05, 4.69) is 20.1 Å². The number of alkyl halides is 2. The fraction of sp³-hybridized carbons (Fsp3) is 0.300. The third kappa shape index (κ3) is 3.00. The molecule has 1 aliphatic heterocycles. The third-order valence-corrected chi connectivity index (χ3v) is 5.42. The summed E-state index contributed by atoms with van der Waals surface area (Å²) in [6.07, 6.45) is -0.894. The van der Waals surface area contributed by atoms with Gasteiger partial charge in [-0.3, -0.25) is 9.88 Å². The molecule has 0 radical (unpaired) electrons. The van der Waals surface area contributed by atoms with Crippen molar-refractivity contribution in [3.05, 3.63) is 53.6 Å². The molecular formula is C20H19F2N7O. The summed E-state index contributed by atoms with van der Waals surface area (Å²) in [5, 5.41) is 5.05. The highest BCUT2D eigenvalue weighted by Gasteiger charge is 2.33. The number of benzene rings is 1. The van der Waals surface area contributed by atoms with E-state index in [1.807, 2.05) is 24.3 Å². The Bertz CT molecular complexity index is 1220. The van der Waals surface area contributed by atoms with Gasteiger partial charge in [0.25, 0.3) is 6.43 Å². The quantitative estimate of drug-likeness (QED) is 0.539. The Kier molecular flexibility index (Phi) is 4.43. The first-order valence-electron chi connectivity index (χ1n) is 9.48. The van der Waals surface area contributed by atoms with Gasteiger partial charge in [0.15, 0.2) is 11.5 Å². The van der Waals surface area contributed by atoms with Crippen LogP contribution in [0.4, 0.5) is 14.7 Å². The Morgan fingerprint density at radius 1 is 1.17 bits per heavy atom. The van der Waals surface area contributed by atoms with Gasteiger partial charge in [0, 0.05) is 31.1 Å². The number of ether oxygens (including phenoxy) is 1. The molecule has 0 aliphatic carbocycles. The molecule has 0 saturated carbocycles. The van der Waals surface area contributed by atoms with Gasteiger partial charge in [0.05, 0.1) is 18.8 Å². The minimum absolute atomic E-state index is 0.0156. The number of halogens is 2. The largest absolute Gasteiger partial charge is 0.494 e. The number of nitrogen functional groups attached to an aromatic ring is 1. The van der Waals surface area contributed by atoms with Crippen LogP contribution in [-0.4, -0.2) is 49.0 Å². The summed E-state index contributed by atoms with van der Waals surface area (Å²) < 4.78 is 34.7. The molecule has 2 N–H and O–H groups in total. The number of rotatable bonds is 5. The molecule has 0 saturated heterocycles. The number of fused-ring (bicyclic) bond motifs is 4. The molecule has 4 heterocycles. The van der Waals surface area contributed by atoms with E-state index in [1.165, 1.54) is 4.52 Å². The maximum atomic E-state index is 14.0. The van der Waals surface area contributed by atoms with Crippen molar-refractivity contribution in [3.63, 3.8) is 0 Å². The lowest BCUT2D eigenvalue weighted by atomic mass is 10.1. The first-order valence-corrected chi connectivity index (χ1v) is 9.48. The summed E-state index contributed by atoms with van der Waals surface area (Å²) in [4.78, 5) is 14.9. The SMILES string of the molecule is COc1cccc2c1nc(N)n1nc(C[C@H](C(F)F)N3Cc4cccnc4C3)nc21. The van der Waals surface area contributed by atoms with E-state index < -0.39 is 12.5 Å².